The lowest BCUT2D eigenvalue weighted by Crippen LogP contribution is -2.25. The van der Waals surface area contributed by atoms with Gasteiger partial charge in [-0.15, -0.1) is 11.3 Å². The van der Waals surface area contributed by atoms with E-state index in [1.807, 2.05) is 35.0 Å². The van der Waals surface area contributed by atoms with Crippen LogP contribution in [0.25, 0.3) is 11.3 Å². The summed E-state index contributed by atoms with van der Waals surface area (Å²) in [6.45, 7) is 4.43. The average molecular weight is 447 g/mol. The van der Waals surface area contributed by atoms with Gasteiger partial charge in [0.25, 0.3) is 5.91 Å². The summed E-state index contributed by atoms with van der Waals surface area (Å²) in [6, 6.07) is 14.0. The fraction of sp³-hybridized carbons (Fsp3) is 0.320. The molecule has 1 aromatic heterocycles. The molecule has 0 spiro atoms. The number of aryl methyl sites for hydroxylation is 1. The van der Waals surface area contributed by atoms with Crippen molar-refractivity contribution < 1.29 is 9.53 Å². The molecule has 7 heteroatoms. The van der Waals surface area contributed by atoms with Crippen LogP contribution in [0, 0.1) is 12.8 Å². The smallest absolute Gasteiger partial charge is 0.262 e. The van der Waals surface area contributed by atoms with Crippen LogP contribution in [0.3, 0.4) is 0 Å². The Morgan fingerprint density at radius 2 is 1.91 bits per heavy atom. The fourth-order valence-electron chi connectivity index (χ4n) is 3.98. The maximum Gasteiger partial charge on any atom is 0.262 e. The highest BCUT2D eigenvalue weighted by Crippen LogP contribution is 2.33. The minimum Gasteiger partial charge on any atom is -0.482 e. The van der Waals surface area contributed by atoms with Crippen LogP contribution >= 0.6 is 11.3 Å². The van der Waals surface area contributed by atoms with E-state index in [4.69, 9.17) is 14.8 Å². The van der Waals surface area contributed by atoms with Crippen LogP contribution in [0.4, 0.5) is 11.4 Å². The van der Waals surface area contributed by atoms with Crippen molar-refractivity contribution in [3.8, 4) is 17.0 Å². The highest BCUT2D eigenvalue weighted by Gasteiger charge is 2.19. The fourth-order valence-corrected chi connectivity index (χ4v) is 4.83. The van der Waals surface area contributed by atoms with Crippen molar-refractivity contribution in [1.82, 2.24) is 4.68 Å². The van der Waals surface area contributed by atoms with Crippen molar-refractivity contribution >= 4 is 34.3 Å². The normalized spacial score (nSPS) is 18.7. The quantitative estimate of drug-likeness (QED) is 0.577. The molecular formula is C25H26N4O2S. The SMILES string of the molecule is Cc1ccc(N=c2scc(-c3ccc4c(c3)NC(=O)CO4)n2N=C2CCC(C)CC2)cc1. The van der Waals surface area contributed by atoms with E-state index in [9.17, 15) is 4.79 Å². The van der Waals surface area contributed by atoms with Gasteiger partial charge in [0.15, 0.2) is 6.61 Å². The molecule has 0 atom stereocenters. The first kappa shape index (κ1) is 20.7. The van der Waals surface area contributed by atoms with Gasteiger partial charge in [0.05, 0.1) is 17.1 Å². The van der Waals surface area contributed by atoms with Crippen LogP contribution in [0.5, 0.6) is 5.75 Å². The third-order valence-corrected chi connectivity index (χ3v) is 6.76. The molecule has 1 amide bonds. The summed E-state index contributed by atoms with van der Waals surface area (Å²) in [7, 11) is 0. The van der Waals surface area contributed by atoms with Crippen molar-refractivity contribution in [3.05, 3.63) is 58.2 Å². The molecule has 0 bridgehead atoms. The molecule has 2 heterocycles. The van der Waals surface area contributed by atoms with Gasteiger partial charge >= 0.3 is 0 Å². The number of rotatable bonds is 3. The topological polar surface area (TPSA) is 68.0 Å². The summed E-state index contributed by atoms with van der Waals surface area (Å²) in [4.78, 5) is 17.5. The molecule has 5 rings (SSSR count). The van der Waals surface area contributed by atoms with Crippen LogP contribution in [-0.4, -0.2) is 22.9 Å². The molecule has 1 aliphatic heterocycles. The van der Waals surface area contributed by atoms with Gasteiger partial charge in [-0.1, -0.05) is 24.6 Å². The van der Waals surface area contributed by atoms with Crippen molar-refractivity contribution in [2.75, 3.05) is 11.9 Å². The zero-order valence-corrected chi connectivity index (χ0v) is 19.1. The second-order valence-corrected chi connectivity index (χ2v) is 9.40. The van der Waals surface area contributed by atoms with Crippen molar-refractivity contribution in [3.63, 3.8) is 0 Å². The van der Waals surface area contributed by atoms with Gasteiger partial charge in [-0.05, 0) is 68.9 Å². The standard InChI is InChI=1S/C25H26N4O2S/c1-16-3-8-19(9-4-16)26-25-29(28-20-10-5-17(2)6-11-20)22(15-32-25)18-7-12-23-21(13-18)27-24(30)14-31-23/h3-4,7-9,12-13,15,17H,5-6,10-11,14H2,1-2H3,(H,27,30). The van der Waals surface area contributed by atoms with Crippen LogP contribution in [0.1, 0.15) is 38.2 Å². The molecule has 1 fully saturated rings. The summed E-state index contributed by atoms with van der Waals surface area (Å²) in [5.41, 5.74) is 5.93. The highest BCUT2D eigenvalue weighted by atomic mass is 32.1. The molecule has 6 nitrogen and oxygen atoms in total. The first-order valence-corrected chi connectivity index (χ1v) is 11.9. The molecular weight excluding hydrogens is 420 g/mol. The van der Waals surface area contributed by atoms with Gasteiger partial charge in [-0.25, -0.2) is 9.67 Å². The van der Waals surface area contributed by atoms with Gasteiger partial charge < -0.3 is 10.1 Å². The van der Waals surface area contributed by atoms with Crippen molar-refractivity contribution in [2.24, 2.45) is 16.0 Å². The maximum absolute atomic E-state index is 11.8. The molecule has 3 aromatic rings. The van der Waals surface area contributed by atoms with E-state index in [2.05, 4.69) is 36.7 Å². The average Bonchev–Trinajstić information content (AvgIpc) is 3.18. The van der Waals surface area contributed by atoms with Crippen LogP contribution in [0.2, 0.25) is 0 Å². The molecule has 0 unspecified atom stereocenters. The second-order valence-electron chi connectivity index (χ2n) is 8.56. The van der Waals surface area contributed by atoms with Gasteiger partial charge in [0.1, 0.15) is 5.75 Å². The largest absolute Gasteiger partial charge is 0.482 e. The predicted octanol–water partition coefficient (Wildman–Crippen LogP) is 5.50. The molecule has 0 saturated heterocycles. The molecule has 1 saturated carbocycles. The van der Waals surface area contributed by atoms with Crippen molar-refractivity contribution in [2.45, 2.75) is 39.5 Å². The number of carbonyl (C=O) groups excluding carboxylic acids is 1. The van der Waals surface area contributed by atoms with E-state index in [1.165, 1.54) is 24.1 Å². The maximum atomic E-state index is 11.8. The van der Waals surface area contributed by atoms with Gasteiger partial charge in [-0.2, -0.15) is 5.10 Å². The number of anilines is 1. The van der Waals surface area contributed by atoms with Crippen LogP contribution < -0.4 is 14.9 Å². The van der Waals surface area contributed by atoms with Crippen LogP contribution in [0.15, 0.2) is 57.9 Å². The Hall–Kier alpha value is -3.19. The number of fused-ring (bicyclic) bond motifs is 1. The Morgan fingerprint density at radius 1 is 1.12 bits per heavy atom. The molecule has 2 aromatic carbocycles. The van der Waals surface area contributed by atoms with Gasteiger partial charge in [-0.3, -0.25) is 4.79 Å². The number of nitrogens with zero attached hydrogens (tertiary/aromatic N) is 3. The third kappa shape index (κ3) is 4.39. The van der Waals surface area contributed by atoms with E-state index in [-0.39, 0.29) is 12.5 Å². The number of benzene rings is 2. The Balaban J connectivity index is 1.61. The monoisotopic (exact) mass is 446 g/mol. The summed E-state index contributed by atoms with van der Waals surface area (Å²) in [5, 5.41) is 10.0. The third-order valence-electron chi connectivity index (χ3n) is 5.95. The molecule has 32 heavy (non-hydrogen) atoms. The van der Waals surface area contributed by atoms with Crippen LogP contribution in [-0.2, 0) is 4.79 Å². The van der Waals surface area contributed by atoms with Crippen molar-refractivity contribution in [1.29, 1.82) is 0 Å². The molecule has 1 N–H and O–H groups in total. The minimum absolute atomic E-state index is 0.0520. The number of hydrogen-bond acceptors (Lipinski definition) is 5. The summed E-state index contributed by atoms with van der Waals surface area (Å²) >= 11 is 1.57. The number of amides is 1. The Labute approximate surface area is 191 Å². The molecule has 164 valence electrons. The Morgan fingerprint density at radius 3 is 2.69 bits per heavy atom. The number of aromatic nitrogens is 1. The van der Waals surface area contributed by atoms with E-state index in [0.29, 0.717) is 11.4 Å². The zero-order chi connectivity index (χ0) is 22.1. The summed E-state index contributed by atoms with van der Waals surface area (Å²) in [6.07, 6.45) is 4.38. The zero-order valence-electron chi connectivity index (χ0n) is 18.3. The lowest BCUT2D eigenvalue weighted by molar-refractivity contribution is -0.118. The summed E-state index contributed by atoms with van der Waals surface area (Å²) < 4.78 is 7.48. The first-order chi connectivity index (χ1) is 15.5. The number of ether oxygens (including phenoxy) is 1. The number of thiazole rings is 1. The highest BCUT2D eigenvalue weighted by molar-refractivity contribution is 7.07. The Bertz CT molecular complexity index is 1240. The second kappa shape index (κ2) is 8.74. The van der Waals surface area contributed by atoms with Gasteiger partial charge in [0, 0.05) is 16.7 Å². The number of carbonyl (C=O) groups is 1. The number of hydrogen-bond donors (Lipinski definition) is 1. The molecule has 2 aliphatic rings. The predicted molar refractivity (Wildman–Crippen MR) is 129 cm³/mol. The van der Waals surface area contributed by atoms with E-state index in [0.717, 1.165) is 40.5 Å². The lowest BCUT2D eigenvalue weighted by Gasteiger charge is -2.20. The summed E-state index contributed by atoms with van der Waals surface area (Å²) in [5.74, 6) is 1.30. The molecule has 1 aliphatic carbocycles. The van der Waals surface area contributed by atoms with Gasteiger partial charge in [0.2, 0.25) is 4.80 Å². The number of nitrogens with one attached hydrogen (secondary N) is 1. The lowest BCUT2D eigenvalue weighted by atomic mass is 9.90. The van der Waals surface area contributed by atoms with E-state index < -0.39 is 0 Å². The first-order valence-electron chi connectivity index (χ1n) is 11.0. The van der Waals surface area contributed by atoms with E-state index >= 15 is 0 Å². The Kier molecular flexibility index (Phi) is 5.66. The van der Waals surface area contributed by atoms with E-state index in [1.54, 1.807) is 11.3 Å². The molecule has 0 radical (unpaired) electrons. The minimum atomic E-state index is -0.139.